The minimum absolute atomic E-state index is 0.0896. The minimum atomic E-state index is 0.0896. The van der Waals surface area contributed by atoms with E-state index in [-0.39, 0.29) is 5.91 Å². The van der Waals surface area contributed by atoms with Crippen molar-refractivity contribution >= 4 is 5.91 Å². The van der Waals surface area contributed by atoms with Crippen LogP contribution < -0.4 is 5.32 Å². The molecule has 0 atom stereocenters. The van der Waals surface area contributed by atoms with Crippen molar-refractivity contribution in [2.75, 3.05) is 6.54 Å². The number of carbonyl (C=O) groups excluding carboxylic acids is 1. The fourth-order valence-corrected chi connectivity index (χ4v) is 2.07. The molecule has 118 valence electrons. The molecule has 0 spiro atoms. The summed E-state index contributed by atoms with van der Waals surface area (Å²) in [5, 5.41) is 6.89. The van der Waals surface area contributed by atoms with Gasteiger partial charge in [-0.05, 0) is 19.8 Å². The summed E-state index contributed by atoms with van der Waals surface area (Å²) in [6, 6.07) is 7.99. The van der Waals surface area contributed by atoms with Crippen LogP contribution in [0.15, 0.2) is 28.8 Å². The Kier molecular flexibility index (Phi) is 6.13. The van der Waals surface area contributed by atoms with Crippen LogP contribution in [0.2, 0.25) is 0 Å². The Balaban J connectivity index is 1.78. The molecule has 5 heteroatoms. The lowest BCUT2D eigenvalue weighted by Gasteiger charge is -2.02. The summed E-state index contributed by atoms with van der Waals surface area (Å²) >= 11 is 0. The van der Waals surface area contributed by atoms with Gasteiger partial charge in [0.25, 0.3) is 0 Å². The maximum Gasteiger partial charge on any atom is 0.226 e. The monoisotopic (exact) mass is 301 g/mol. The Labute approximate surface area is 131 Å². The second-order valence-electron chi connectivity index (χ2n) is 5.43. The number of amides is 1. The molecular weight excluding hydrogens is 278 g/mol. The first-order valence-electron chi connectivity index (χ1n) is 7.85. The highest BCUT2D eigenvalue weighted by atomic mass is 16.5. The molecule has 22 heavy (non-hydrogen) atoms. The Morgan fingerprint density at radius 1 is 1.23 bits per heavy atom. The van der Waals surface area contributed by atoms with Gasteiger partial charge in [-0.3, -0.25) is 4.79 Å². The van der Waals surface area contributed by atoms with Crippen LogP contribution in [0, 0.1) is 6.92 Å². The Hall–Kier alpha value is -2.17. The number of unbranched alkanes of at least 4 members (excludes halogenated alkanes) is 1. The van der Waals surface area contributed by atoms with E-state index in [0.717, 1.165) is 24.9 Å². The molecule has 0 aliphatic rings. The molecule has 2 rings (SSSR count). The molecule has 1 amide bonds. The lowest BCUT2D eigenvalue weighted by molar-refractivity contribution is -0.121. The first-order valence-corrected chi connectivity index (χ1v) is 7.85. The summed E-state index contributed by atoms with van der Waals surface area (Å²) in [7, 11) is 0. The lowest BCUT2D eigenvalue weighted by atomic mass is 10.1. The Morgan fingerprint density at radius 2 is 2.00 bits per heavy atom. The highest BCUT2D eigenvalue weighted by molar-refractivity contribution is 5.75. The van der Waals surface area contributed by atoms with Gasteiger partial charge in [-0.2, -0.15) is 4.98 Å². The summed E-state index contributed by atoms with van der Waals surface area (Å²) < 4.78 is 5.24. The Bertz CT molecular complexity index is 590. The third-order valence-electron chi connectivity index (χ3n) is 3.42. The van der Waals surface area contributed by atoms with Crippen molar-refractivity contribution in [1.29, 1.82) is 0 Å². The van der Waals surface area contributed by atoms with E-state index in [1.54, 1.807) is 0 Å². The van der Waals surface area contributed by atoms with Crippen molar-refractivity contribution in [3.05, 3.63) is 35.7 Å². The van der Waals surface area contributed by atoms with Crippen LogP contribution in [0.1, 0.15) is 44.1 Å². The normalized spacial score (nSPS) is 10.6. The predicted molar refractivity (Wildman–Crippen MR) is 85.3 cm³/mol. The fraction of sp³-hybridized carbons (Fsp3) is 0.471. The first-order chi connectivity index (χ1) is 10.7. The first kappa shape index (κ1) is 16.2. The van der Waals surface area contributed by atoms with Crippen molar-refractivity contribution < 1.29 is 9.32 Å². The highest BCUT2D eigenvalue weighted by Crippen LogP contribution is 2.16. The zero-order chi connectivity index (χ0) is 15.8. The van der Waals surface area contributed by atoms with Gasteiger partial charge in [-0.25, -0.2) is 0 Å². The zero-order valence-corrected chi connectivity index (χ0v) is 13.3. The van der Waals surface area contributed by atoms with Crippen LogP contribution in [-0.4, -0.2) is 22.6 Å². The average Bonchev–Trinajstić information content (AvgIpc) is 2.97. The van der Waals surface area contributed by atoms with Gasteiger partial charge in [0.15, 0.2) is 0 Å². The summed E-state index contributed by atoms with van der Waals surface area (Å²) in [5.74, 6) is 1.27. The van der Waals surface area contributed by atoms with Gasteiger partial charge in [0.2, 0.25) is 17.6 Å². The number of aryl methyl sites for hydroxylation is 2. The number of hydrogen-bond acceptors (Lipinski definition) is 4. The fourth-order valence-electron chi connectivity index (χ4n) is 2.07. The van der Waals surface area contributed by atoms with Crippen LogP contribution in [-0.2, 0) is 11.2 Å². The molecule has 0 radical (unpaired) electrons. The molecule has 0 fully saturated rings. The molecule has 0 saturated carbocycles. The van der Waals surface area contributed by atoms with E-state index in [1.165, 1.54) is 5.56 Å². The second-order valence-corrected chi connectivity index (χ2v) is 5.43. The quantitative estimate of drug-likeness (QED) is 0.760. The molecule has 1 heterocycles. The number of nitrogens with one attached hydrogen (secondary N) is 1. The highest BCUT2D eigenvalue weighted by Gasteiger charge is 2.09. The third kappa shape index (κ3) is 4.98. The Morgan fingerprint density at radius 3 is 2.73 bits per heavy atom. The zero-order valence-electron chi connectivity index (χ0n) is 13.3. The van der Waals surface area contributed by atoms with E-state index in [1.807, 2.05) is 31.2 Å². The number of rotatable bonds is 8. The number of carbonyl (C=O) groups is 1. The van der Waals surface area contributed by atoms with Crippen LogP contribution in [0.4, 0.5) is 0 Å². The molecule has 2 aromatic rings. The predicted octanol–water partition coefficient (Wildman–Crippen LogP) is 3.28. The van der Waals surface area contributed by atoms with Gasteiger partial charge < -0.3 is 9.84 Å². The summed E-state index contributed by atoms with van der Waals surface area (Å²) in [4.78, 5) is 16.0. The molecule has 0 unspecified atom stereocenters. The molecule has 1 aromatic heterocycles. The van der Waals surface area contributed by atoms with Crippen molar-refractivity contribution in [2.45, 2.75) is 46.0 Å². The number of benzene rings is 1. The van der Waals surface area contributed by atoms with E-state index < -0.39 is 0 Å². The SMILES string of the molecule is CCCCNC(=O)CCCc1nc(-c2ccc(C)cc2)no1. The molecule has 1 N–H and O–H groups in total. The smallest absolute Gasteiger partial charge is 0.226 e. The second kappa shape index (κ2) is 8.32. The van der Waals surface area contributed by atoms with Crippen molar-refractivity contribution in [2.24, 2.45) is 0 Å². The molecule has 0 saturated heterocycles. The van der Waals surface area contributed by atoms with Gasteiger partial charge in [-0.1, -0.05) is 48.3 Å². The maximum atomic E-state index is 11.6. The van der Waals surface area contributed by atoms with Gasteiger partial charge >= 0.3 is 0 Å². The largest absolute Gasteiger partial charge is 0.356 e. The molecule has 0 aliphatic carbocycles. The molecule has 0 bridgehead atoms. The topological polar surface area (TPSA) is 68.0 Å². The van der Waals surface area contributed by atoms with E-state index in [0.29, 0.717) is 31.0 Å². The number of nitrogens with zero attached hydrogens (tertiary/aromatic N) is 2. The molecular formula is C17H23N3O2. The van der Waals surface area contributed by atoms with Crippen molar-refractivity contribution in [3.63, 3.8) is 0 Å². The average molecular weight is 301 g/mol. The third-order valence-corrected chi connectivity index (χ3v) is 3.42. The maximum absolute atomic E-state index is 11.6. The van der Waals surface area contributed by atoms with E-state index >= 15 is 0 Å². The summed E-state index contributed by atoms with van der Waals surface area (Å²) in [6.07, 6.45) is 3.94. The molecule has 1 aromatic carbocycles. The number of hydrogen-bond donors (Lipinski definition) is 1. The van der Waals surface area contributed by atoms with Crippen molar-refractivity contribution in [3.8, 4) is 11.4 Å². The van der Waals surface area contributed by atoms with Crippen LogP contribution in [0.25, 0.3) is 11.4 Å². The van der Waals surface area contributed by atoms with E-state index in [2.05, 4.69) is 22.4 Å². The van der Waals surface area contributed by atoms with Crippen LogP contribution in [0.5, 0.6) is 0 Å². The molecule has 5 nitrogen and oxygen atoms in total. The molecule has 0 aliphatic heterocycles. The van der Waals surface area contributed by atoms with Gasteiger partial charge in [-0.15, -0.1) is 0 Å². The van der Waals surface area contributed by atoms with Crippen LogP contribution >= 0.6 is 0 Å². The van der Waals surface area contributed by atoms with E-state index in [4.69, 9.17) is 4.52 Å². The number of aromatic nitrogens is 2. The van der Waals surface area contributed by atoms with Crippen molar-refractivity contribution in [1.82, 2.24) is 15.5 Å². The van der Waals surface area contributed by atoms with Crippen LogP contribution in [0.3, 0.4) is 0 Å². The minimum Gasteiger partial charge on any atom is -0.356 e. The van der Waals surface area contributed by atoms with E-state index in [9.17, 15) is 4.79 Å². The summed E-state index contributed by atoms with van der Waals surface area (Å²) in [5.41, 5.74) is 2.14. The standard InChI is InChI=1S/C17H23N3O2/c1-3-4-12-18-15(21)6-5-7-16-19-17(20-22-16)14-10-8-13(2)9-11-14/h8-11H,3-7,12H2,1-2H3,(H,18,21). The summed E-state index contributed by atoms with van der Waals surface area (Å²) in [6.45, 7) is 4.90. The van der Waals surface area contributed by atoms with Gasteiger partial charge in [0, 0.05) is 24.9 Å². The lowest BCUT2D eigenvalue weighted by Crippen LogP contribution is -2.23. The van der Waals surface area contributed by atoms with Gasteiger partial charge in [0.1, 0.15) is 0 Å². The van der Waals surface area contributed by atoms with Gasteiger partial charge in [0.05, 0.1) is 0 Å².